The number of hydrogen-bond acceptors (Lipinski definition) is 5. The Labute approximate surface area is 190 Å². The van der Waals surface area contributed by atoms with E-state index in [9.17, 15) is 23.3 Å². The maximum absolute atomic E-state index is 13.1. The molecule has 0 aliphatic carbocycles. The predicted octanol–water partition coefficient (Wildman–Crippen LogP) is 4.08. The summed E-state index contributed by atoms with van der Waals surface area (Å²) < 4.78 is 28.2. The summed E-state index contributed by atoms with van der Waals surface area (Å²) in [5.74, 6) is -0.644. The van der Waals surface area contributed by atoms with Crippen molar-refractivity contribution in [3.8, 4) is 0 Å². The van der Waals surface area contributed by atoms with Crippen LogP contribution in [0.1, 0.15) is 11.1 Å². The lowest BCUT2D eigenvalue weighted by Crippen LogP contribution is -2.45. The molecule has 0 unspecified atom stereocenters. The third-order valence-electron chi connectivity index (χ3n) is 4.71. The van der Waals surface area contributed by atoms with E-state index in [4.69, 9.17) is 11.6 Å². The van der Waals surface area contributed by atoms with Crippen molar-refractivity contribution in [2.45, 2.75) is 24.3 Å². The molecule has 0 radical (unpaired) electrons. The number of nitro groups is 1. The molecule has 0 aliphatic rings. The van der Waals surface area contributed by atoms with Crippen molar-refractivity contribution in [2.24, 2.45) is 0 Å². The second-order valence-corrected chi connectivity index (χ2v) is 9.21. The highest BCUT2D eigenvalue weighted by atomic mass is 35.5. The van der Waals surface area contributed by atoms with E-state index in [-0.39, 0.29) is 22.7 Å². The first kappa shape index (κ1) is 23.4. The van der Waals surface area contributed by atoms with E-state index in [1.54, 1.807) is 31.2 Å². The topological polar surface area (TPSA) is 118 Å². The highest BCUT2D eigenvalue weighted by Gasteiger charge is 2.27. The largest absolute Gasteiger partial charge is 0.324 e. The summed E-state index contributed by atoms with van der Waals surface area (Å²) in [5.41, 5.74) is 1.38. The Bertz CT molecular complexity index is 1230. The average molecular weight is 474 g/mol. The second-order valence-electron chi connectivity index (χ2n) is 7.06. The van der Waals surface area contributed by atoms with Gasteiger partial charge >= 0.3 is 0 Å². The van der Waals surface area contributed by atoms with Gasteiger partial charge in [0.2, 0.25) is 15.9 Å². The minimum atomic E-state index is -4.04. The van der Waals surface area contributed by atoms with Crippen molar-refractivity contribution in [1.82, 2.24) is 4.72 Å². The molecule has 0 aromatic heterocycles. The molecule has 0 saturated heterocycles. The smallest absolute Gasteiger partial charge is 0.271 e. The maximum Gasteiger partial charge on any atom is 0.271 e. The van der Waals surface area contributed by atoms with E-state index in [1.165, 1.54) is 42.5 Å². The Balaban J connectivity index is 1.90. The standard InChI is InChI=1S/C22H20ClN3O5S/c1-15-7-10-18(26(28)29)14-20(15)24-22(27)21(13-16-5-3-2-4-6-16)25-32(30,31)19-11-8-17(23)9-12-19/h2-12,14,21,25H,13H2,1H3,(H,24,27)/t21-/m0/s1. The molecule has 1 amide bonds. The third kappa shape index (κ3) is 5.91. The van der Waals surface area contributed by atoms with E-state index in [1.807, 2.05) is 6.07 Å². The van der Waals surface area contributed by atoms with Gasteiger partial charge < -0.3 is 5.32 Å². The summed E-state index contributed by atoms with van der Waals surface area (Å²) in [6.45, 7) is 1.68. The van der Waals surface area contributed by atoms with Gasteiger partial charge in [-0.3, -0.25) is 14.9 Å². The van der Waals surface area contributed by atoms with E-state index >= 15 is 0 Å². The number of halogens is 1. The van der Waals surface area contributed by atoms with Crippen LogP contribution in [0.2, 0.25) is 5.02 Å². The van der Waals surface area contributed by atoms with Gasteiger partial charge in [-0.25, -0.2) is 8.42 Å². The first-order chi connectivity index (χ1) is 15.2. The van der Waals surface area contributed by atoms with Crippen molar-refractivity contribution in [2.75, 3.05) is 5.32 Å². The minimum absolute atomic E-state index is 0.0423. The molecular formula is C22H20ClN3O5S. The predicted molar refractivity (Wildman–Crippen MR) is 122 cm³/mol. The van der Waals surface area contributed by atoms with Crippen molar-refractivity contribution in [1.29, 1.82) is 0 Å². The molecule has 0 fully saturated rings. The molecule has 2 N–H and O–H groups in total. The summed E-state index contributed by atoms with van der Waals surface area (Å²) in [7, 11) is -4.04. The Hall–Kier alpha value is -3.27. The van der Waals surface area contributed by atoms with Gasteiger partial charge in [-0.05, 0) is 48.7 Å². The van der Waals surface area contributed by atoms with Crippen LogP contribution in [0, 0.1) is 17.0 Å². The molecule has 0 saturated carbocycles. The molecular weight excluding hydrogens is 454 g/mol. The van der Waals surface area contributed by atoms with E-state index in [0.717, 1.165) is 5.56 Å². The lowest BCUT2D eigenvalue weighted by Gasteiger charge is -2.19. The fourth-order valence-electron chi connectivity index (χ4n) is 2.98. The normalized spacial score (nSPS) is 12.2. The number of anilines is 1. The van der Waals surface area contributed by atoms with Crippen LogP contribution in [0.25, 0.3) is 0 Å². The Morgan fingerprint density at radius 1 is 1.06 bits per heavy atom. The van der Waals surface area contributed by atoms with Crippen LogP contribution in [0.4, 0.5) is 11.4 Å². The van der Waals surface area contributed by atoms with Gasteiger partial charge in [0.15, 0.2) is 0 Å². The molecule has 1 atom stereocenters. The average Bonchev–Trinajstić information content (AvgIpc) is 2.75. The molecule has 8 nitrogen and oxygen atoms in total. The van der Waals surface area contributed by atoms with Gasteiger partial charge in [-0.2, -0.15) is 4.72 Å². The highest BCUT2D eigenvalue weighted by Crippen LogP contribution is 2.23. The number of carbonyl (C=O) groups is 1. The Morgan fingerprint density at radius 3 is 2.34 bits per heavy atom. The van der Waals surface area contributed by atoms with Crippen molar-refractivity contribution in [3.05, 3.63) is 99.1 Å². The molecule has 0 spiro atoms. The number of benzene rings is 3. The monoisotopic (exact) mass is 473 g/mol. The van der Waals surface area contributed by atoms with Crippen LogP contribution in [0.5, 0.6) is 0 Å². The quantitative estimate of drug-likeness (QED) is 0.377. The Morgan fingerprint density at radius 2 is 1.72 bits per heavy atom. The SMILES string of the molecule is Cc1ccc([N+](=O)[O-])cc1NC(=O)[C@H](Cc1ccccc1)NS(=O)(=O)c1ccc(Cl)cc1. The van der Waals surface area contributed by atoms with E-state index in [0.29, 0.717) is 10.6 Å². The first-order valence-electron chi connectivity index (χ1n) is 9.53. The van der Waals surface area contributed by atoms with Crippen LogP contribution in [0.3, 0.4) is 0 Å². The highest BCUT2D eigenvalue weighted by molar-refractivity contribution is 7.89. The zero-order valence-corrected chi connectivity index (χ0v) is 18.6. The van der Waals surface area contributed by atoms with Gasteiger partial charge in [0.1, 0.15) is 6.04 Å². The summed E-state index contributed by atoms with van der Waals surface area (Å²) in [6, 6.07) is 17.4. The van der Waals surface area contributed by atoms with Crippen molar-refractivity contribution >= 4 is 38.9 Å². The molecule has 32 heavy (non-hydrogen) atoms. The molecule has 3 aromatic rings. The fourth-order valence-corrected chi connectivity index (χ4v) is 4.31. The number of nitrogens with zero attached hydrogens (tertiary/aromatic N) is 1. The summed E-state index contributed by atoms with van der Waals surface area (Å²) in [4.78, 5) is 23.6. The number of rotatable bonds is 8. The van der Waals surface area contributed by atoms with Gasteiger partial charge in [0.05, 0.1) is 15.5 Å². The summed E-state index contributed by atoms with van der Waals surface area (Å²) >= 11 is 5.84. The number of sulfonamides is 1. The molecule has 0 aliphatic heterocycles. The third-order valence-corrected chi connectivity index (χ3v) is 6.45. The molecule has 166 valence electrons. The van der Waals surface area contributed by atoms with Gasteiger partial charge in [0, 0.05) is 17.2 Å². The first-order valence-corrected chi connectivity index (χ1v) is 11.4. The Kier molecular flexibility index (Phi) is 7.24. The zero-order valence-electron chi connectivity index (χ0n) is 17.0. The van der Waals surface area contributed by atoms with Crippen LogP contribution < -0.4 is 10.0 Å². The van der Waals surface area contributed by atoms with Gasteiger partial charge in [-0.15, -0.1) is 0 Å². The van der Waals surface area contributed by atoms with Crippen LogP contribution in [0.15, 0.2) is 77.7 Å². The van der Waals surface area contributed by atoms with Crippen molar-refractivity contribution < 1.29 is 18.1 Å². The molecule has 3 rings (SSSR count). The second kappa shape index (κ2) is 9.90. The van der Waals surface area contributed by atoms with E-state index < -0.39 is 26.9 Å². The molecule has 0 bridgehead atoms. The zero-order chi connectivity index (χ0) is 23.3. The summed E-state index contributed by atoms with van der Waals surface area (Å²) in [5, 5.41) is 14.1. The number of aryl methyl sites for hydroxylation is 1. The van der Waals surface area contributed by atoms with Crippen molar-refractivity contribution in [3.63, 3.8) is 0 Å². The molecule has 10 heteroatoms. The van der Waals surface area contributed by atoms with Gasteiger partial charge in [0.25, 0.3) is 5.69 Å². The van der Waals surface area contributed by atoms with Crippen LogP contribution in [-0.2, 0) is 21.2 Å². The van der Waals surface area contributed by atoms with Crippen LogP contribution in [-0.4, -0.2) is 25.3 Å². The van der Waals surface area contributed by atoms with Crippen LogP contribution >= 0.6 is 11.6 Å². The number of carbonyl (C=O) groups excluding carboxylic acids is 1. The molecule has 0 heterocycles. The lowest BCUT2D eigenvalue weighted by atomic mass is 10.1. The number of non-ortho nitro benzene ring substituents is 1. The van der Waals surface area contributed by atoms with E-state index in [2.05, 4.69) is 10.0 Å². The summed E-state index contributed by atoms with van der Waals surface area (Å²) in [6.07, 6.45) is 0.0769. The lowest BCUT2D eigenvalue weighted by molar-refractivity contribution is -0.384. The van der Waals surface area contributed by atoms with Gasteiger partial charge in [-0.1, -0.05) is 48.0 Å². The number of nitrogens with one attached hydrogen (secondary N) is 2. The maximum atomic E-state index is 13.1. The number of amides is 1. The minimum Gasteiger partial charge on any atom is -0.324 e. The molecule has 3 aromatic carbocycles. The fraction of sp³-hybridized carbons (Fsp3) is 0.136. The number of nitro benzene ring substituents is 1. The number of hydrogen-bond donors (Lipinski definition) is 2.